The highest BCUT2D eigenvalue weighted by Gasteiger charge is 2.39. The molecule has 146 valence electrons. The highest BCUT2D eigenvalue weighted by atomic mass is 28.2. The van der Waals surface area contributed by atoms with E-state index in [1.165, 1.54) is 24.3 Å². The number of benzene rings is 1. The molecular formula is C18H25N3O5Si. The van der Waals surface area contributed by atoms with Crippen LogP contribution in [-0.2, 0) is 20.6 Å². The third-order valence-electron chi connectivity index (χ3n) is 3.79. The molecule has 0 atom stereocenters. The molecule has 0 aliphatic carbocycles. The fourth-order valence-corrected chi connectivity index (χ4v) is 3.27. The first-order valence-electron chi connectivity index (χ1n) is 8.44. The minimum absolute atomic E-state index is 0.00375. The number of nitro benzene ring substituents is 1. The van der Waals surface area contributed by atoms with Crippen molar-refractivity contribution in [2.24, 2.45) is 11.3 Å². The summed E-state index contributed by atoms with van der Waals surface area (Å²) >= 11 is 0. The highest BCUT2D eigenvalue weighted by Crippen LogP contribution is 2.32. The van der Waals surface area contributed by atoms with Gasteiger partial charge in [-0.05, 0) is 23.1 Å². The van der Waals surface area contributed by atoms with Gasteiger partial charge in [-0.3, -0.25) is 10.1 Å². The molecule has 0 aliphatic rings. The van der Waals surface area contributed by atoms with Crippen molar-refractivity contribution < 1.29 is 23.7 Å². The van der Waals surface area contributed by atoms with Crippen LogP contribution in [0.1, 0.15) is 40.2 Å². The number of carbonyl (C=O) groups excluding carboxylic acids is 1. The molecule has 0 N–H and O–H groups in total. The van der Waals surface area contributed by atoms with E-state index >= 15 is 0 Å². The summed E-state index contributed by atoms with van der Waals surface area (Å²) in [5.41, 5.74) is 9.78. The quantitative estimate of drug-likeness (QED) is 0.104. The van der Waals surface area contributed by atoms with E-state index in [1.54, 1.807) is 0 Å². The Morgan fingerprint density at radius 1 is 1.30 bits per heavy atom. The van der Waals surface area contributed by atoms with E-state index in [4.69, 9.17) is 9.16 Å². The van der Waals surface area contributed by atoms with Gasteiger partial charge in [0.2, 0.25) is 10.5 Å². The van der Waals surface area contributed by atoms with E-state index in [0.29, 0.717) is 27.4 Å². The summed E-state index contributed by atoms with van der Waals surface area (Å²) in [6, 6.07) is 5.66. The Kier molecular flexibility index (Phi) is 7.63. The predicted octanol–water partition coefficient (Wildman–Crippen LogP) is 2.56. The molecule has 1 aromatic carbocycles. The lowest BCUT2D eigenvalue weighted by molar-refractivity contribution is -0.384. The maximum absolute atomic E-state index is 12.6. The third kappa shape index (κ3) is 5.87. The van der Waals surface area contributed by atoms with Gasteiger partial charge >= 0.3 is 11.7 Å². The molecule has 0 radical (unpaired) electrons. The molecule has 8 nitrogen and oxygen atoms in total. The lowest BCUT2D eigenvalue weighted by Gasteiger charge is -2.24. The molecular weight excluding hydrogens is 366 g/mol. The third-order valence-corrected chi connectivity index (χ3v) is 4.23. The summed E-state index contributed by atoms with van der Waals surface area (Å²) < 4.78 is 10.8. The van der Waals surface area contributed by atoms with Crippen LogP contribution in [0.25, 0.3) is 5.53 Å². The van der Waals surface area contributed by atoms with Gasteiger partial charge in [-0.1, -0.05) is 34.6 Å². The molecule has 27 heavy (non-hydrogen) atoms. The summed E-state index contributed by atoms with van der Waals surface area (Å²) in [6.45, 7) is 9.42. The van der Waals surface area contributed by atoms with Crippen LogP contribution in [0.4, 0.5) is 5.69 Å². The maximum atomic E-state index is 12.6. The maximum Gasteiger partial charge on any atom is 0.422 e. The number of non-ortho nitro benzene ring substituents is 1. The van der Waals surface area contributed by atoms with Crippen LogP contribution < -0.4 is 0 Å². The van der Waals surface area contributed by atoms with Gasteiger partial charge in [0.25, 0.3) is 5.69 Å². The molecule has 9 heteroatoms. The molecule has 0 spiro atoms. The molecule has 1 aromatic rings. The Balaban J connectivity index is 3.10. The second-order valence-corrected chi connectivity index (χ2v) is 7.70. The Hall–Kier alpha value is -2.77. The zero-order valence-corrected chi connectivity index (χ0v) is 18.5. The van der Waals surface area contributed by atoms with E-state index in [0.717, 1.165) is 0 Å². The van der Waals surface area contributed by atoms with Gasteiger partial charge in [-0.25, -0.2) is 4.79 Å². The summed E-state index contributed by atoms with van der Waals surface area (Å²) in [7, 11) is 0.424. The summed E-state index contributed by atoms with van der Waals surface area (Å²) in [6.07, 6.45) is 0. The van der Waals surface area contributed by atoms with E-state index < -0.39 is 16.3 Å². The number of carbonyl (C=O) groups is 1. The Morgan fingerprint density at radius 2 is 1.85 bits per heavy atom. The van der Waals surface area contributed by atoms with Gasteiger partial charge < -0.3 is 14.7 Å². The van der Waals surface area contributed by atoms with Gasteiger partial charge in [-0.2, -0.15) is 4.79 Å². The van der Waals surface area contributed by atoms with Gasteiger partial charge in [0.15, 0.2) is 0 Å². The fraction of sp³-hybridized carbons (Fsp3) is 0.444. The van der Waals surface area contributed by atoms with Crippen LogP contribution in [0.15, 0.2) is 35.6 Å². The van der Waals surface area contributed by atoms with Crippen molar-refractivity contribution in [1.82, 2.24) is 0 Å². The van der Waals surface area contributed by atoms with Crippen molar-refractivity contribution in [1.29, 1.82) is 0 Å². The van der Waals surface area contributed by atoms with Crippen molar-refractivity contribution in [3.05, 3.63) is 56.8 Å². The zero-order valence-electron chi connectivity index (χ0n) is 16.5. The van der Waals surface area contributed by atoms with E-state index in [2.05, 4.69) is 4.79 Å². The average Bonchev–Trinajstić information content (AvgIpc) is 2.59. The molecule has 0 saturated carbocycles. The van der Waals surface area contributed by atoms with E-state index in [9.17, 15) is 20.4 Å². The lowest BCUT2D eigenvalue weighted by atomic mass is 9.81. The van der Waals surface area contributed by atoms with Gasteiger partial charge in [0.05, 0.1) is 16.3 Å². The second kappa shape index (κ2) is 9.25. The first-order valence-corrected chi connectivity index (χ1v) is 9.26. The molecule has 0 aromatic heterocycles. The number of rotatable bonds is 7. The Morgan fingerprint density at radius 3 is 2.22 bits per heavy atom. The SMILES string of the molecule is CC(C)C(O[SiH3])=C(C(=[N+]=[N-])C(=O)OCc1ccc([N+](=O)[O-])cc1)C(C)(C)C. The minimum Gasteiger partial charge on any atom is -0.555 e. The zero-order chi connectivity index (χ0) is 20.8. The lowest BCUT2D eigenvalue weighted by Crippen LogP contribution is -2.30. The molecule has 0 saturated heterocycles. The van der Waals surface area contributed by atoms with Crippen molar-refractivity contribution in [2.75, 3.05) is 0 Å². The molecule has 0 unspecified atom stereocenters. The molecule has 0 heterocycles. The van der Waals surface area contributed by atoms with Crippen LogP contribution in [0, 0.1) is 21.4 Å². The Bertz CT molecular complexity index is 788. The topological polar surface area (TPSA) is 115 Å². The number of allylic oxidation sites excluding steroid dienone is 1. The molecule has 0 aliphatic heterocycles. The average molecular weight is 392 g/mol. The van der Waals surface area contributed by atoms with Gasteiger partial charge in [-0.15, -0.1) is 0 Å². The Labute approximate surface area is 161 Å². The van der Waals surface area contributed by atoms with Crippen LogP contribution >= 0.6 is 0 Å². The van der Waals surface area contributed by atoms with Crippen molar-refractivity contribution in [3.8, 4) is 0 Å². The summed E-state index contributed by atoms with van der Waals surface area (Å²) in [5, 5.41) is 10.7. The summed E-state index contributed by atoms with van der Waals surface area (Å²) in [5.74, 6) is -0.206. The standard InChI is InChI=1S/C18H25N3O5Si/c1-11(2)16(26-27)14(18(3,4)5)15(20-19)17(22)25-10-12-6-8-13(9-7-12)21(23)24/h6-9,11H,10H2,1-5,27H3. The van der Waals surface area contributed by atoms with E-state index in [-0.39, 0.29) is 23.9 Å². The normalized spacial score (nSPS) is 12.2. The van der Waals surface area contributed by atoms with Crippen molar-refractivity contribution >= 4 is 27.9 Å². The number of hydrogen-bond donors (Lipinski definition) is 0. The minimum atomic E-state index is -0.794. The smallest absolute Gasteiger partial charge is 0.422 e. The van der Waals surface area contributed by atoms with Crippen LogP contribution in [0.2, 0.25) is 0 Å². The molecule has 0 fully saturated rings. The number of nitro groups is 1. The predicted molar refractivity (Wildman–Crippen MR) is 104 cm³/mol. The fourth-order valence-electron chi connectivity index (χ4n) is 2.59. The van der Waals surface area contributed by atoms with Crippen molar-refractivity contribution in [3.63, 3.8) is 0 Å². The largest absolute Gasteiger partial charge is 0.555 e. The summed E-state index contributed by atoms with van der Waals surface area (Å²) in [4.78, 5) is 25.9. The second-order valence-electron chi connectivity index (χ2n) is 7.30. The molecule has 0 bridgehead atoms. The van der Waals surface area contributed by atoms with Crippen molar-refractivity contribution in [2.45, 2.75) is 41.2 Å². The van der Waals surface area contributed by atoms with E-state index in [1.807, 2.05) is 34.6 Å². The van der Waals surface area contributed by atoms with Gasteiger partial charge in [0.1, 0.15) is 6.61 Å². The molecule has 1 rings (SSSR count). The first kappa shape index (κ1) is 22.3. The van der Waals surface area contributed by atoms with Crippen LogP contribution in [0.5, 0.6) is 0 Å². The number of esters is 1. The number of hydrogen-bond acceptors (Lipinski definition) is 5. The van der Waals surface area contributed by atoms with Gasteiger partial charge in [0, 0.05) is 18.1 Å². The highest BCUT2D eigenvalue weighted by molar-refractivity contribution is 6.41. The van der Waals surface area contributed by atoms with Crippen LogP contribution in [-0.4, -0.2) is 31.9 Å². The monoisotopic (exact) mass is 391 g/mol. The first-order chi connectivity index (χ1) is 12.5. The van der Waals surface area contributed by atoms with Crippen LogP contribution in [0.3, 0.4) is 0 Å². The number of ether oxygens (including phenoxy) is 1. The number of nitrogens with zero attached hydrogens (tertiary/aromatic N) is 3. The molecule has 0 amide bonds.